The highest BCUT2D eigenvalue weighted by Gasteiger charge is 2.38. The number of primary amides is 1. The number of likely N-dealkylation sites (tertiary alicyclic amines) is 1. The Kier molecular flexibility index (Phi) is 11.3. The first-order valence-electron chi connectivity index (χ1n) is 18.2. The maximum absolute atomic E-state index is 13.7. The number of carbonyl (C=O) groups is 4. The number of hydrogen-bond acceptors (Lipinski definition) is 10. The molecule has 290 valence electrons. The number of ether oxygens (including phenoxy) is 2. The second-order valence-corrected chi connectivity index (χ2v) is 13.4. The number of benzene rings is 3. The number of carbonyl (C=O) groups excluding carboxylic acids is 4. The number of H-pyrrole nitrogens is 2. The molecule has 3 aromatic carbocycles. The van der Waals surface area contributed by atoms with Gasteiger partial charge in [-0.25, -0.2) is 29.5 Å². The first-order chi connectivity index (χ1) is 27.7. The third kappa shape index (κ3) is 8.64. The van der Waals surface area contributed by atoms with E-state index in [0.717, 1.165) is 23.2 Å². The summed E-state index contributed by atoms with van der Waals surface area (Å²) in [4.78, 5) is 77.1. The zero-order chi connectivity index (χ0) is 39.9. The van der Waals surface area contributed by atoms with Crippen LogP contribution in [0.25, 0.3) is 33.9 Å². The summed E-state index contributed by atoms with van der Waals surface area (Å²) in [5, 5.41) is 5.50. The molecule has 1 aliphatic heterocycles. The van der Waals surface area contributed by atoms with Crippen LogP contribution in [-0.2, 0) is 19.1 Å². The number of nitrogens with one attached hydrogen (secondary N) is 4. The minimum absolute atomic E-state index is 0.345. The number of imidazole rings is 2. The van der Waals surface area contributed by atoms with E-state index in [2.05, 4.69) is 40.5 Å². The van der Waals surface area contributed by atoms with Crippen LogP contribution < -0.4 is 16.4 Å². The molecule has 6 N–H and O–H groups in total. The maximum Gasteiger partial charge on any atom is 0.407 e. The Bertz CT molecular complexity index is 2330. The summed E-state index contributed by atoms with van der Waals surface area (Å²) in [6.07, 6.45) is 5.32. The minimum Gasteiger partial charge on any atom is -0.453 e. The summed E-state index contributed by atoms with van der Waals surface area (Å²) in [5.41, 5.74) is 10.3. The zero-order valence-corrected chi connectivity index (χ0v) is 31.1. The van der Waals surface area contributed by atoms with Gasteiger partial charge in [-0.2, -0.15) is 0 Å². The maximum atomic E-state index is 13.7. The van der Waals surface area contributed by atoms with Gasteiger partial charge in [-0.1, -0.05) is 84.9 Å². The van der Waals surface area contributed by atoms with Crippen molar-refractivity contribution >= 4 is 24.0 Å². The van der Waals surface area contributed by atoms with E-state index in [-0.39, 0.29) is 11.9 Å². The van der Waals surface area contributed by atoms with Crippen LogP contribution >= 0.6 is 0 Å². The van der Waals surface area contributed by atoms with Gasteiger partial charge in [0.2, 0.25) is 12.0 Å². The van der Waals surface area contributed by atoms with Crippen LogP contribution in [0.4, 0.5) is 9.59 Å². The van der Waals surface area contributed by atoms with E-state index < -0.39 is 36.3 Å². The number of amides is 4. The molecule has 7 rings (SSSR count). The van der Waals surface area contributed by atoms with Crippen LogP contribution in [0.2, 0.25) is 0 Å². The van der Waals surface area contributed by atoms with Crippen molar-refractivity contribution in [2.24, 2.45) is 5.73 Å². The Balaban J connectivity index is 0.990. The van der Waals surface area contributed by atoms with Crippen molar-refractivity contribution in [3.05, 3.63) is 132 Å². The Hall–Kier alpha value is -7.36. The molecule has 4 atom stereocenters. The molecule has 0 unspecified atom stereocenters. The van der Waals surface area contributed by atoms with Crippen molar-refractivity contribution in [2.45, 2.75) is 44.0 Å². The number of methoxy groups -OCH3 is 1. The number of aromatic amines is 2. The molecule has 3 aromatic heterocycles. The molecule has 1 fully saturated rings. The highest BCUT2D eigenvalue weighted by molar-refractivity contribution is 5.87. The van der Waals surface area contributed by atoms with Gasteiger partial charge in [0.25, 0.3) is 5.91 Å². The average molecular weight is 769 g/mol. The number of nitrogens with two attached hydrogens (primary N) is 1. The third-order valence-corrected chi connectivity index (χ3v) is 9.63. The molecule has 16 heteroatoms. The van der Waals surface area contributed by atoms with Crippen molar-refractivity contribution in [3.8, 4) is 33.9 Å². The van der Waals surface area contributed by atoms with E-state index in [4.69, 9.17) is 15.2 Å². The van der Waals surface area contributed by atoms with Gasteiger partial charge in [0.05, 0.1) is 43.0 Å². The summed E-state index contributed by atoms with van der Waals surface area (Å²) in [7, 11) is 1.24. The molecular formula is C41H40N10O6. The highest BCUT2D eigenvalue weighted by Crippen LogP contribution is 2.35. The molecule has 0 aliphatic carbocycles. The predicted octanol–water partition coefficient (Wildman–Crippen LogP) is 5.70. The van der Waals surface area contributed by atoms with Crippen molar-refractivity contribution in [2.75, 3.05) is 13.7 Å². The van der Waals surface area contributed by atoms with Gasteiger partial charge < -0.3 is 40.7 Å². The van der Waals surface area contributed by atoms with Crippen LogP contribution in [0.1, 0.15) is 66.8 Å². The fourth-order valence-corrected chi connectivity index (χ4v) is 6.73. The monoisotopic (exact) mass is 768 g/mol. The molecule has 4 amide bonds. The van der Waals surface area contributed by atoms with Crippen molar-refractivity contribution in [3.63, 3.8) is 0 Å². The largest absolute Gasteiger partial charge is 0.453 e. The summed E-state index contributed by atoms with van der Waals surface area (Å²) in [6, 6.07) is 23.5. The molecule has 0 bridgehead atoms. The van der Waals surface area contributed by atoms with E-state index >= 15 is 0 Å². The summed E-state index contributed by atoms with van der Waals surface area (Å²) < 4.78 is 9.99. The molecule has 16 nitrogen and oxygen atoms in total. The lowest BCUT2D eigenvalue weighted by Crippen LogP contribution is -2.41. The zero-order valence-electron chi connectivity index (χ0n) is 31.1. The lowest BCUT2D eigenvalue weighted by atomic mass is 10.1. The van der Waals surface area contributed by atoms with E-state index in [9.17, 15) is 19.2 Å². The quantitative estimate of drug-likeness (QED) is 0.102. The van der Waals surface area contributed by atoms with Gasteiger partial charge in [-0.05, 0) is 30.9 Å². The van der Waals surface area contributed by atoms with Gasteiger partial charge in [-0.3, -0.25) is 9.59 Å². The normalized spacial score (nSPS) is 15.3. The van der Waals surface area contributed by atoms with Gasteiger partial charge in [-0.15, -0.1) is 0 Å². The standard InChI is InChI=1S/C41H40N10O6/c1-24(47-38(52)33(50-41(55)56-2)26-10-5-3-6-11-26)35-45-22-30(48-35)25-15-17-28(18-16-25)36-43-20-29(21-44-36)31-23-46-37(49-31)32-14-9-19-51(32)39(53)34(57-40(42)54)27-12-7-4-8-13-27/h3-8,10-13,15-18,20-24,32-34H,9,14,19H2,1-2H3,(H2,42,54)(H,45,48)(H,46,49)(H,47,52)(H,50,55)/t24-,32-,33+,34+/m0/s1. The van der Waals surface area contributed by atoms with Crippen molar-refractivity contribution in [1.82, 2.24) is 45.4 Å². The predicted molar refractivity (Wildman–Crippen MR) is 207 cm³/mol. The average Bonchev–Trinajstić information content (AvgIpc) is 4.04. The minimum atomic E-state index is -1.16. The van der Waals surface area contributed by atoms with E-state index in [1.165, 1.54) is 7.11 Å². The first-order valence-corrected chi connectivity index (χ1v) is 18.2. The van der Waals surface area contributed by atoms with Gasteiger partial charge in [0.1, 0.15) is 17.7 Å². The Morgan fingerprint density at radius 3 is 2.07 bits per heavy atom. The fraction of sp³-hybridized carbons (Fsp3) is 0.220. The molecule has 6 aromatic rings. The molecule has 0 saturated carbocycles. The first kappa shape index (κ1) is 37.9. The molecule has 0 spiro atoms. The highest BCUT2D eigenvalue weighted by atomic mass is 16.6. The van der Waals surface area contributed by atoms with E-state index in [1.54, 1.807) is 85.1 Å². The van der Waals surface area contributed by atoms with Crippen LogP contribution in [0.15, 0.2) is 110 Å². The Labute approximate surface area is 327 Å². The van der Waals surface area contributed by atoms with Gasteiger partial charge in [0.15, 0.2) is 5.82 Å². The summed E-state index contributed by atoms with van der Waals surface area (Å²) >= 11 is 0. The third-order valence-electron chi connectivity index (χ3n) is 9.63. The number of alkyl carbamates (subject to hydrolysis) is 1. The van der Waals surface area contributed by atoms with Crippen LogP contribution in [0.3, 0.4) is 0 Å². The smallest absolute Gasteiger partial charge is 0.407 e. The van der Waals surface area contributed by atoms with Crippen LogP contribution in [0.5, 0.6) is 0 Å². The van der Waals surface area contributed by atoms with Crippen LogP contribution in [0, 0.1) is 0 Å². The summed E-state index contributed by atoms with van der Waals surface area (Å²) in [6.45, 7) is 2.28. The van der Waals surface area contributed by atoms with Gasteiger partial charge in [0, 0.05) is 35.6 Å². The topological polar surface area (TPSA) is 223 Å². The lowest BCUT2D eigenvalue weighted by Gasteiger charge is -2.27. The molecule has 57 heavy (non-hydrogen) atoms. The number of aromatic nitrogens is 6. The molecule has 0 radical (unpaired) electrons. The number of rotatable bonds is 12. The second-order valence-electron chi connectivity index (χ2n) is 13.4. The SMILES string of the molecule is COC(=O)N[C@@H](C(=O)N[C@@H](C)c1ncc(-c2ccc(-c3ncc(-c4cnc([C@@H]5CCCN5C(=O)[C@H](OC(N)=O)c5ccccc5)[nH]4)cn3)cc2)[nH]1)c1ccccc1. The Morgan fingerprint density at radius 1 is 0.772 bits per heavy atom. The van der Waals surface area contributed by atoms with Crippen molar-refractivity contribution < 1.29 is 28.7 Å². The Morgan fingerprint density at radius 2 is 1.40 bits per heavy atom. The number of nitrogens with zero attached hydrogens (tertiary/aromatic N) is 5. The van der Waals surface area contributed by atoms with E-state index in [1.807, 2.05) is 36.4 Å². The number of hydrogen-bond donors (Lipinski definition) is 5. The molecule has 1 aliphatic rings. The second kappa shape index (κ2) is 17.0. The van der Waals surface area contributed by atoms with Crippen molar-refractivity contribution in [1.29, 1.82) is 0 Å². The molecule has 4 heterocycles. The summed E-state index contributed by atoms with van der Waals surface area (Å²) in [5.74, 6) is 0.878. The van der Waals surface area contributed by atoms with E-state index in [0.29, 0.717) is 52.8 Å². The van der Waals surface area contributed by atoms with Crippen LogP contribution in [-0.4, -0.2) is 72.5 Å². The molecular weight excluding hydrogens is 729 g/mol. The van der Waals surface area contributed by atoms with Gasteiger partial charge >= 0.3 is 12.2 Å². The lowest BCUT2D eigenvalue weighted by molar-refractivity contribution is -0.141. The molecule has 1 saturated heterocycles. The fourth-order valence-electron chi connectivity index (χ4n) is 6.73.